The number of amides is 2. The van der Waals surface area contributed by atoms with E-state index in [0.29, 0.717) is 81.3 Å². The number of ketones is 1. The van der Waals surface area contributed by atoms with Crippen molar-refractivity contribution in [3.05, 3.63) is 39.2 Å². The summed E-state index contributed by atoms with van der Waals surface area (Å²) in [5, 5.41) is 20.2. The maximum atomic E-state index is 12.1. The van der Waals surface area contributed by atoms with Gasteiger partial charge in [-0.2, -0.15) is 0 Å². The third-order valence-electron chi connectivity index (χ3n) is 10.5. The Labute approximate surface area is 303 Å². The van der Waals surface area contributed by atoms with Crippen LogP contribution in [-0.2, 0) is 19.9 Å². The third-order valence-corrected chi connectivity index (χ3v) is 12.3. The highest BCUT2D eigenvalue weighted by atomic mass is 32.1. The lowest BCUT2D eigenvalue weighted by atomic mass is 10.00. The normalized spacial score (nSPS) is 31.3. The third kappa shape index (κ3) is 8.94. The van der Waals surface area contributed by atoms with E-state index in [4.69, 9.17) is 9.47 Å². The van der Waals surface area contributed by atoms with Gasteiger partial charge in [-0.05, 0) is 108 Å². The summed E-state index contributed by atoms with van der Waals surface area (Å²) in [5.74, 6) is 3.40. The second-order valence-electron chi connectivity index (χ2n) is 16.9. The van der Waals surface area contributed by atoms with Crippen molar-refractivity contribution >= 4 is 46.2 Å². The van der Waals surface area contributed by atoms with Gasteiger partial charge in [0.25, 0.3) is 0 Å². The second kappa shape index (κ2) is 14.6. The summed E-state index contributed by atoms with van der Waals surface area (Å²) in [4.78, 5) is 47.3. The number of rotatable bonds is 2. The molecule has 274 valence electrons. The van der Waals surface area contributed by atoms with E-state index in [2.05, 4.69) is 26.7 Å². The van der Waals surface area contributed by atoms with Crippen molar-refractivity contribution in [1.29, 1.82) is 0 Å². The Balaban J connectivity index is 0.000000133. The first-order valence-electron chi connectivity index (χ1n) is 18.0. The molecule has 2 saturated carbocycles. The van der Waals surface area contributed by atoms with Crippen LogP contribution in [0.3, 0.4) is 0 Å². The van der Waals surface area contributed by atoms with Crippen LogP contribution in [0.2, 0.25) is 0 Å². The van der Waals surface area contributed by atoms with Gasteiger partial charge in [0, 0.05) is 68.7 Å². The van der Waals surface area contributed by atoms with E-state index < -0.39 is 16.8 Å². The zero-order valence-electron chi connectivity index (χ0n) is 30.2. The molecule has 5 heterocycles. The number of nitrogens with zero attached hydrogens (tertiary/aromatic N) is 4. The largest absolute Gasteiger partial charge is 0.444 e. The maximum absolute atomic E-state index is 12.1. The molecule has 3 aliphatic carbocycles. The number of ether oxygens (including phenoxy) is 2. The van der Waals surface area contributed by atoms with E-state index in [1.54, 1.807) is 27.3 Å². The molecule has 11 nitrogen and oxygen atoms in total. The molecule has 0 spiro atoms. The predicted octanol–water partition coefficient (Wildman–Crippen LogP) is 6.21. The van der Waals surface area contributed by atoms with Crippen LogP contribution in [0, 0.1) is 35.5 Å². The number of carbonyl (C=O) groups is 3. The zero-order chi connectivity index (χ0) is 35.8. The van der Waals surface area contributed by atoms with Gasteiger partial charge in [0.05, 0.1) is 0 Å². The minimum atomic E-state index is -0.802. The van der Waals surface area contributed by atoms with Gasteiger partial charge >= 0.3 is 12.2 Å². The quantitative estimate of drug-likeness (QED) is 0.371. The zero-order valence-corrected chi connectivity index (χ0v) is 31.9. The summed E-state index contributed by atoms with van der Waals surface area (Å²) in [5.41, 5.74) is -0.226. The van der Waals surface area contributed by atoms with Gasteiger partial charge < -0.3 is 29.7 Å². The van der Waals surface area contributed by atoms with Crippen LogP contribution < -0.4 is 5.32 Å². The van der Waals surface area contributed by atoms with Gasteiger partial charge in [0.15, 0.2) is 0 Å². The Morgan fingerprint density at radius 3 is 1.82 bits per heavy atom. The van der Waals surface area contributed by atoms with Crippen LogP contribution >= 0.6 is 22.7 Å². The summed E-state index contributed by atoms with van der Waals surface area (Å²) in [6.07, 6.45) is 9.45. The topological polar surface area (TPSA) is 134 Å². The first kappa shape index (κ1) is 36.9. The van der Waals surface area contributed by atoms with E-state index in [-0.39, 0.29) is 12.2 Å². The molecule has 2 aromatic rings. The highest BCUT2D eigenvalue weighted by Gasteiger charge is 2.51. The van der Waals surface area contributed by atoms with Crippen LogP contribution in [0.25, 0.3) is 5.57 Å². The number of hydrogen-bond donors (Lipinski definition) is 2. The molecule has 0 aromatic carbocycles. The van der Waals surface area contributed by atoms with Gasteiger partial charge in [-0.25, -0.2) is 19.6 Å². The van der Waals surface area contributed by atoms with Gasteiger partial charge in [-0.1, -0.05) is 6.08 Å². The van der Waals surface area contributed by atoms with Crippen molar-refractivity contribution < 1.29 is 29.0 Å². The van der Waals surface area contributed by atoms with Crippen LogP contribution in [-0.4, -0.2) is 93.3 Å². The van der Waals surface area contributed by atoms with Crippen molar-refractivity contribution in [2.75, 3.05) is 39.3 Å². The molecule has 8 rings (SSSR count). The monoisotopic (exact) mass is 727 g/mol. The minimum absolute atomic E-state index is 0.241. The average molecular weight is 728 g/mol. The molecule has 2 amide bonds. The molecular weight excluding hydrogens is 675 g/mol. The first-order chi connectivity index (χ1) is 23.5. The highest BCUT2D eigenvalue weighted by molar-refractivity contribution is 7.10. The number of allylic oxidation sites excluding steroid dienone is 1. The smallest absolute Gasteiger partial charge is 0.410 e. The standard InChI is InChI=1S/C15H22N2O3S.C12H19NO3.C10H12N2S/c1-14(2,3)20-13(18)17-8-10-6-15(19,7-11(10)9-17)12-16-4-5-21-12;1-12(2,3)16-11(15)13-6-8-4-10(14)5-9(8)7-13;1-2-13-10(12-1)7-3-8-5-11-6-9(8)4-7/h4-5,10-11,19H,6-9H2,1-3H3;8-9H,4-7H2,1-3H3;1-3,8-9,11H,4-6H2. The summed E-state index contributed by atoms with van der Waals surface area (Å²) in [7, 11) is 0. The molecule has 3 saturated heterocycles. The van der Waals surface area contributed by atoms with E-state index in [0.717, 1.165) is 16.8 Å². The fraction of sp³-hybridized carbons (Fsp3) is 0.703. The Hall–Kier alpha value is -2.87. The molecule has 6 unspecified atom stereocenters. The molecule has 50 heavy (non-hydrogen) atoms. The lowest BCUT2D eigenvalue weighted by molar-refractivity contribution is -0.118. The van der Waals surface area contributed by atoms with Crippen LogP contribution in [0.5, 0.6) is 0 Å². The number of hydrogen-bond acceptors (Lipinski definition) is 11. The van der Waals surface area contributed by atoms with Gasteiger partial charge in [-0.15, -0.1) is 22.7 Å². The molecule has 2 N–H and O–H groups in total. The Kier molecular flexibility index (Phi) is 10.8. The highest BCUT2D eigenvalue weighted by Crippen LogP contribution is 2.49. The van der Waals surface area contributed by atoms with Crippen LogP contribution in [0.4, 0.5) is 9.59 Å². The van der Waals surface area contributed by atoms with Crippen molar-refractivity contribution in [2.24, 2.45) is 35.5 Å². The van der Waals surface area contributed by atoms with Crippen molar-refractivity contribution in [2.45, 2.75) is 90.4 Å². The summed E-state index contributed by atoms with van der Waals surface area (Å²) in [6, 6.07) is 0. The molecule has 6 aliphatic rings. The van der Waals surface area contributed by atoms with Crippen LogP contribution in [0.15, 0.2) is 29.2 Å². The average Bonchev–Trinajstić information content (AvgIpc) is 3.83. The summed E-state index contributed by atoms with van der Waals surface area (Å²) in [6.45, 7) is 16.3. The lowest BCUT2D eigenvalue weighted by Crippen LogP contribution is -2.37. The summed E-state index contributed by atoms with van der Waals surface area (Å²) >= 11 is 3.27. The minimum Gasteiger partial charge on any atom is -0.444 e. The molecular formula is C37H53N5O6S2. The lowest BCUT2D eigenvalue weighted by Gasteiger charge is -2.26. The SMILES string of the molecule is C1=C(c2nccs2)CC2CNCC12.CC(C)(C)OC(=O)N1CC2CC(=O)CC2C1.CC(C)(C)OC(=O)N1CC2CC(O)(c3nccs3)CC2C1. The van der Waals surface area contributed by atoms with E-state index in [9.17, 15) is 19.5 Å². The van der Waals surface area contributed by atoms with E-state index in [1.165, 1.54) is 41.4 Å². The number of thiazole rings is 2. The number of Topliss-reactive ketones (excluding diaryl/α,β-unsaturated/α-hetero) is 1. The fourth-order valence-corrected chi connectivity index (χ4v) is 9.76. The number of aromatic nitrogens is 2. The molecule has 6 atom stereocenters. The number of nitrogens with one attached hydrogen (secondary N) is 1. The van der Waals surface area contributed by atoms with Crippen molar-refractivity contribution in [3.63, 3.8) is 0 Å². The fourth-order valence-electron chi connectivity index (χ4n) is 8.32. The van der Waals surface area contributed by atoms with Crippen molar-refractivity contribution in [3.8, 4) is 0 Å². The number of fused-ring (bicyclic) bond motifs is 3. The molecule has 3 aliphatic heterocycles. The van der Waals surface area contributed by atoms with E-state index >= 15 is 0 Å². The van der Waals surface area contributed by atoms with E-state index in [1.807, 2.05) is 53.1 Å². The number of aliphatic hydroxyl groups is 1. The molecule has 5 fully saturated rings. The molecule has 0 radical (unpaired) electrons. The molecule has 13 heteroatoms. The molecule has 0 bridgehead atoms. The Morgan fingerprint density at radius 2 is 1.34 bits per heavy atom. The first-order valence-corrected chi connectivity index (χ1v) is 19.7. The summed E-state index contributed by atoms with van der Waals surface area (Å²) < 4.78 is 10.7. The number of likely N-dealkylation sites (tertiary alicyclic amines) is 2. The second-order valence-corrected chi connectivity index (χ2v) is 18.6. The van der Waals surface area contributed by atoms with Gasteiger partial charge in [-0.3, -0.25) is 4.79 Å². The van der Waals surface area contributed by atoms with Crippen LogP contribution in [0.1, 0.15) is 83.7 Å². The molecule has 2 aromatic heterocycles. The Morgan fingerprint density at radius 1 is 0.800 bits per heavy atom. The predicted molar refractivity (Wildman–Crippen MR) is 194 cm³/mol. The van der Waals surface area contributed by atoms with Crippen molar-refractivity contribution in [1.82, 2.24) is 25.1 Å². The van der Waals surface area contributed by atoms with Gasteiger partial charge in [0.1, 0.15) is 32.6 Å². The Bertz CT molecular complexity index is 1500. The number of carbonyl (C=O) groups excluding carboxylic acids is 3. The van der Waals surface area contributed by atoms with Gasteiger partial charge in [0.2, 0.25) is 0 Å². The maximum Gasteiger partial charge on any atom is 0.410 e.